The van der Waals surface area contributed by atoms with Gasteiger partial charge in [0.25, 0.3) is 11.6 Å². The second-order valence-electron chi connectivity index (χ2n) is 6.24. The van der Waals surface area contributed by atoms with Gasteiger partial charge in [-0.05, 0) is 50.6 Å². The molecule has 1 unspecified atom stereocenters. The number of carbonyl (C=O) groups is 1. The summed E-state index contributed by atoms with van der Waals surface area (Å²) in [6, 6.07) is 7.76. The van der Waals surface area contributed by atoms with Crippen molar-refractivity contribution in [3.63, 3.8) is 0 Å². The van der Waals surface area contributed by atoms with Crippen LogP contribution < -0.4 is 5.32 Å². The zero-order valence-electron chi connectivity index (χ0n) is 14.1. The molecule has 1 amide bonds. The Kier molecular flexibility index (Phi) is 5.08. The molecule has 132 valence electrons. The maximum absolute atomic E-state index is 12.7. The van der Waals surface area contributed by atoms with Crippen LogP contribution in [-0.4, -0.2) is 52.2 Å². The van der Waals surface area contributed by atoms with E-state index in [-0.39, 0.29) is 11.6 Å². The summed E-state index contributed by atoms with van der Waals surface area (Å²) in [4.78, 5) is 24.8. The number of nitrogens with zero attached hydrogens (tertiary/aromatic N) is 4. The Hall–Kier alpha value is -2.74. The number of non-ortho nitro benzene ring substituents is 1. The molecule has 0 bridgehead atoms. The Balaban J connectivity index is 1.72. The zero-order valence-corrected chi connectivity index (χ0v) is 14.1. The van der Waals surface area contributed by atoms with Crippen molar-refractivity contribution in [3.05, 3.63) is 52.3 Å². The van der Waals surface area contributed by atoms with Crippen LogP contribution >= 0.6 is 0 Å². The quantitative estimate of drug-likeness (QED) is 0.660. The molecule has 1 saturated heterocycles. The minimum absolute atomic E-state index is 0.0242. The van der Waals surface area contributed by atoms with Crippen LogP contribution in [-0.2, 0) is 0 Å². The number of carbonyl (C=O) groups excluding carboxylic acids is 1. The van der Waals surface area contributed by atoms with E-state index in [2.05, 4.69) is 10.4 Å². The molecule has 8 nitrogen and oxygen atoms in total. The SMILES string of the molecule is CNCC1CCCN(C(=O)c2ccn(-c3ccc([N+](=O)[O-])cc3)n2)C1. The highest BCUT2D eigenvalue weighted by atomic mass is 16.6. The van der Waals surface area contributed by atoms with Crippen LogP contribution in [0.2, 0.25) is 0 Å². The smallest absolute Gasteiger partial charge is 0.274 e. The van der Waals surface area contributed by atoms with Crippen molar-refractivity contribution in [2.75, 3.05) is 26.7 Å². The fraction of sp³-hybridized carbons (Fsp3) is 0.412. The standard InChI is InChI=1S/C17H21N5O3/c1-18-11-13-3-2-9-20(12-13)17(23)16-8-10-21(19-16)14-4-6-15(7-5-14)22(24)25/h4-8,10,13,18H,2-3,9,11-12H2,1H3. The molecule has 2 heterocycles. The number of hydrogen-bond donors (Lipinski definition) is 1. The molecule has 1 atom stereocenters. The minimum atomic E-state index is -0.445. The topological polar surface area (TPSA) is 93.3 Å². The maximum Gasteiger partial charge on any atom is 0.274 e. The van der Waals surface area contributed by atoms with E-state index in [0.29, 0.717) is 17.3 Å². The van der Waals surface area contributed by atoms with Crippen LogP contribution in [0.4, 0.5) is 5.69 Å². The third-order valence-electron chi connectivity index (χ3n) is 4.43. The molecule has 1 aromatic heterocycles. The lowest BCUT2D eigenvalue weighted by Gasteiger charge is -2.32. The second-order valence-corrected chi connectivity index (χ2v) is 6.24. The Labute approximate surface area is 145 Å². The van der Waals surface area contributed by atoms with Crippen molar-refractivity contribution in [3.8, 4) is 5.69 Å². The molecule has 2 aromatic rings. The third-order valence-corrected chi connectivity index (χ3v) is 4.43. The monoisotopic (exact) mass is 343 g/mol. The van der Waals surface area contributed by atoms with Crippen molar-refractivity contribution in [1.82, 2.24) is 20.0 Å². The number of benzene rings is 1. The second kappa shape index (κ2) is 7.43. The molecule has 1 fully saturated rings. The van der Waals surface area contributed by atoms with E-state index in [1.165, 1.54) is 12.1 Å². The summed E-state index contributed by atoms with van der Waals surface area (Å²) in [5, 5.41) is 18.2. The normalized spacial score (nSPS) is 17.5. The van der Waals surface area contributed by atoms with Gasteiger partial charge in [-0.2, -0.15) is 5.10 Å². The van der Waals surface area contributed by atoms with E-state index >= 15 is 0 Å². The first-order chi connectivity index (χ1) is 12.1. The van der Waals surface area contributed by atoms with Crippen LogP contribution in [0.25, 0.3) is 5.69 Å². The van der Waals surface area contributed by atoms with Crippen molar-refractivity contribution in [2.45, 2.75) is 12.8 Å². The number of nitrogens with one attached hydrogen (secondary N) is 1. The molecule has 3 rings (SSSR count). The molecule has 1 N–H and O–H groups in total. The summed E-state index contributed by atoms with van der Waals surface area (Å²) >= 11 is 0. The minimum Gasteiger partial charge on any atom is -0.337 e. The molecule has 0 radical (unpaired) electrons. The first-order valence-electron chi connectivity index (χ1n) is 8.33. The molecule has 1 aliphatic heterocycles. The van der Waals surface area contributed by atoms with Gasteiger partial charge in [-0.1, -0.05) is 0 Å². The molecule has 0 aliphatic carbocycles. The molecule has 1 aliphatic rings. The maximum atomic E-state index is 12.7. The highest BCUT2D eigenvalue weighted by Crippen LogP contribution is 2.19. The Morgan fingerprint density at radius 3 is 2.80 bits per heavy atom. The first kappa shape index (κ1) is 17.1. The molecule has 25 heavy (non-hydrogen) atoms. The summed E-state index contributed by atoms with van der Waals surface area (Å²) < 4.78 is 1.56. The van der Waals surface area contributed by atoms with Crippen molar-refractivity contribution in [2.24, 2.45) is 5.92 Å². The Morgan fingerprint density at radius 1 is 1.36 bits per heavy atom. The predicted molar refractivity (Wildman–Crippen MR) is 92.8 cm³/mol. The fourth-order valence-electron chi connectivity index (χ4n) is 3.18. The summed E-state index contributed by atoms with van der Waals surface area (Å²) in [7, 11) is 1.92. The zero-order chi connectivity index (χ0) is 17.8. The highest BCUT2D eigenvalue weighted by molar-refractivity contribution is 5.92. The van der Waals surface area contributed by atoms with Gasteiger partial charge >= 0.3 is 0 Å². The van der Waals surface area contributed by atoms with Crippen LogP contribution in [0.5, 0.6) is 0 Å². The van der Waals surface area contributed by atoms with E-state index in [1.807, 2.05) is 11.9 Å². The van der Waals surface area contributed by atoms with Crippen LogP contribution in [0.15, 0.2) is 36.5 Å². The van der Waals surface area contributed by atoms with E-state index in [0.717, 1.165) is 32.5 Å². The van der Waals surface area contributed by atoms with E-state index in [4.69, 9.17) is 0 Å². The molecule has 8 heteroatoms. The molecule has 0 saturated carbocycles. The number of aromatic nitrogens is 2. The number of hydrogen-bond acceptors (Lipinski definition) is 5. The summed E-state index contributed by atoms with van der Waals surface area (Å²) in [5.41, 5.74) is 1.09. The average molecular weight is 343 g/mol. The van der Waals surface area contributed by atoms with Gasteiger partial charge in [0.1, 0.15) is 0 Å². The van der Waals surface area contributed by atoms with Crippen molar-refractivity contribution >= 4 is 11.6 Å². The van der Waals surface area contributed by atoms with Gasteiger partial charge in [-0.3, -0.25) is 14.9 Å². The molecule has 1 aromatic carbocycles. The van der Waals surface area contributed by atoms with Crippen LogP contribution in [0.1, 0.15) is 23.3 Å². The number of likely N-dealkylation sites (tertiary alicyclic amines) is 1. The van der Waals surface area contributed by atoms with Gasteiger partial charge in [0, 0.05) is 31.4 Å². The summed E-state index contributed by atoms with van der Waals surface area (Å²) in [6.07, 6.45) is 3.83. The van der Waals surface area contributed by atoms with Gasteiger partial charge in [0.05, 0.1) is 10.6 Å². The molecular weight excluding hydrogens is 322 g/mol. The lowest BCUT2D eigenvalue weighted by Crippen LogP contribution is -2.42. The van der Waals surface area contributed by atoms with Gasteiger partial charge in [0.2, 0.25) is 0 Å². The van der Waals surface area contributed by atoms with Crippen molar-refractivity contribution in [1.29, 1.82) is 0 Å². The van der Waals surface area contributed by atoms with Gasteiger partial charge in [-0.25, -0.2) is 4.68 Å². The Bertz CT molecular complexity index is 754. The third kappa shape index (κ3) is 3.85. The van der Waals surface area contributed by atoms with E-state index < -0.39 is 4.92 Å². The molecular formula is C17H21N5O3. The highest BCUT2D eigenvalue weighted by Gasteiger charge is 2.25. The lowest BCUT2D eigenvalue weighted by molar-refractivity contribution is -0.384. The predicted octanol–water partition coefficient (Wildman–Crippen LogP) is 1.85. The van der Waals surface area contributed by atoms with E-state index in [9.17, 15) is 14.9 Å². The first-order valence-corrected chi connectivity index (χ1v) is 8.33. The Morgan fingerprint density at radius 2 is 2.12 bits per heavy atom. The van der Waals surface area contributed by atoms with E-state index in [1.54, 1.807) is 29.1 Å². The summed E-state index contributed by atoms with van der Waals surface area (Å²) in [5.74, 6) is 0.404. The van der Waals surface area contributed by atoms with Crippen LogP contribution in [0, 0.1) is 16.0 Å². The summed E-state index contributed by atoms with van der Waals surface area (Å²) in [6.45, 7) is 2.40. The number of rotatable bonds is 5. The largest absolute Gasteiger partial charge is 0.337 e. The number of nitro benzene ring substituents is 1. The van der Waals surface area contributed by atoms with Gasteiger partial charge in [-0.15, -0.1) is 0 Å². The average Bonchev–Trinajstić information content (AvgIpc) is 3.12. The number of amides is 1. The molecule has 0 spiro atoms. The fourth-order valence-corrected chi connectivity index (χ4v) is 3.18. The van der Waals surface area contributed by atoms with Crippen molar-refractivity contribution < 1.29 is 9.72 Å². The number of piperidine rings is 1. The van der Waals surface area contributed by atoms with Gasteiger partial charge < -0.3 is 10.2 Å². The number of nitro groups is 1. The van der Waals surface area contributed by atoms with Crippen LogP contribution in [0.3, 0.4) is 0 Å². The van der Waals surface area contributed by atoms with Gasteiger partial charge in [0.15, 0.2) is 5.69 Å². The lowest BCUT2D eigenvalue weighted by atomic mass is 9.98.